The van der Waals surface area contributed by atoms with E-state index in [1.54, 1.807) is 0 Å². The summed E-state index contributed by atoms with van der Waals surface area (Å²) in [4.78, 5) is 17.7. The highest BCUT2D eigenvalue weighted by atomic mass is 32.2. The first-order chi connectivity index (χ1) is 16.9. The molecule has 0 fully saturated rings. The molecule has 4 rings (SSSR count). The summed E-state index contributed by atoms with van der Waals surface area (Å²) in [5.74, 6) is -0.480. The molecule has 0 radical (unpaired) electrons. The minimum atomic E-state index is -3.90. The Morgan fingerprint density at radius 1 is 1.00 bits per heavy atom. The average Bonchev–Trinajstić information content (AvgIpc) is 3.19. The van der Waals surface area contributed by atoms with Gasteiger partial charge in [-0.2, -0.15) is 19.8 Å². The van der Waals surface area contributed by atoms with Crippen LogP contribution in [0.25, 0.3) is 21.0 Å². The summed E-state index contributed by atoms with van der Waals surface area (Å²) in [7, 11) is -2.04. The van der Waals surface area contributed by atoms with Crippen LogP contribution in [0.3, 0.4) is 0 Å². The number of aryl methyl sites for hydroxylation is 1. The number of nitriles is 2. The third-order valence-electron chi connectivity index (χ3n) is 5.57. The van der Waals surface area contributed by atoms with E-state index in [-0.39, 0.29) is 36.4 Å². The largest absolute Gasteiger partial charge is 0.319 e. The van der Waals surface area contributed by atoms with Crippen molar-refractivity contribution in [2.75, 3.05) is 13.1 Å². The molecule has 1 amide bonds. The minimum absolute atomic E-state index is 0.00630. The molecule has 0 saturated heterocycles. The molecule has 4 aromatic rings. The molecular formula is C25H21N5O3S2. The van der Waals surface area contributed by atoms with Crippen molar-refractivity contribution in [2.24, 2.45) is 12.0 Å². The van der Waals surface area contributed by atoms with Gasteiger partial charge in [0.05, 0.1) is 27.3 Å². The lowest BCUT2D eigenvalue weighted by atomic mass is 10.1. The van der Waals surface area contributed by atoms with Crippen molar-refractivity contribution >= 4 is 48.3 Å². The Kier molecular flexibility index (Phi) is 7.08. The smallest absolute Gasteiger partial charge is 0.279 e. The molecule has 10 heteroatoms. The van der Waals surface area contributed by atoms with E-state index in [0.717, 1.165) is 25.3 Å². The lowest BCUT2D eigenvalue weighted by Gasteiger charge is -2.20. The molecule has 0 unspecified atom stereocenters. The van der Waals surface area contributed by atoms with E-state index < -0.39 is 15.9 Å². The minimum Gasteiger partial charge on any atom is -0.319 e. The number of fused-ring (bicyclic) bond motifs is 3. The summed E-state index contributed by atoms with van der Waals surface area (Å²) in [6.45, 7) is -0.0126. The molecule has 0 N–H and O–H groups in total. The number of rotatable bonds is 7. The van der Waals surface area contributed by atoms with Crippen molar-refractivity contribution in [3.63, 3.8) is 0 Å². The zero-order chi connectivity index (χ0) is 25.0. The molecule has 8 nitrogen and oxygen atoms in total. The fourth-order valence-corrected chi connectivity index (χ4v) is 6.27. The fourth-order valence-electron chi connectivity index (χ4n) is 3.80. The van der Waals surface area contributed by atoms with Crippen LogP contribution in [0.15, 0.2) is 70.6 Å². The fraction of sp³-hybridized carbons (Fsp3) is 0.200. The molecule has 0 spiro atoms. The van der Waals surface area contributed by atoms with Crippen molar-refractivity contribution in [1.29, 1.82) is 10.5 Å². The summed E-state index contributed by atoms with van der Waals surface area (Å²) < 4.78 is 29.9. The number of aromatic nitrogens is 1. The molecule has 3 aromatic carbocycles. The zero-order valence-corrected chi connectivity index (χ0v) is 20.5. The lowest BCUT2D eigenvalue weighted by Crippen LogP contribution is -2.32. The Hall–Kier alpha value is -3.83. The number of thiazole rings is 1. The topological polar surface area (TPSA) is 119 Å². The summed E-state index contributed by atoms with van der Waals surface area (Å²) in [5.41, 5.74) is 1.25. The summed E-state index contributed by atoms with van der Waals surface area (Å²) >= 11 is 1.41. The first-order valence-corrected chi connectivity index (χ1v) is 13.0. The van der Waals surface area contributed by atoms with E-state index >= 15 is 0 Å². The monoisotopic (exact) mass is 503 g/mol. The van der Waals surface area contributed by atoms with Crippen LogP contribution in [-0.4, -0.2) is 36.3 Å². The second-order valence-electron chi connectivity index (χ2n) is 7.74. The van der Waals surface area contributed by atoms with Gasteiger partial charge in [0, 0.05) is 43.9 Å². The summed E-state index contributed by atoms with van der Waals surface area (Å²) in [6.07, 6.45) is 0.0309. The Morgan fingerprint density at radius 3 is 2.31 bits per heavy atom. The molecule has 0 aliphatic heterocycles. The number of hydrogen-bond donors (Lipinski definition) is 0. The number of carbonyl (C=O) groups is 1. The predicted octanol–water partition coefficient (Wildman–Crippen LogP) is 3.95. The third-order valence-corrected chi connectivity index (χ3v) is 8.58. The van der Waals surface area contributed by atoms with E-state index in [9.17, 15) is 13.2 Å². The van der Waals surface area contributed by atoms with E-state index in [4.69, 9.17) is 10.5 Å². The van der Waals surface area contributed by atoms with Gasteiger partial charge >= 0.3 is 0 Å². The van der Waals surface area contributed by atoms with Crippen LogP contribution in [0.4, 0.5) is 0 Å². The van der Waals surface area contributed by atoms with Gasteiger partial charge < -0.3 is 4.57 Å². The van der Waals surface area contributed by atoms with Crippen molar-refractivity contribution in [3.05, 3.63) is 71.0 Å². The normalized spacial score (nSPS) is 12.2. The highest BCUT2D eigenvalue weighted by molar-refractivity contribution is 7.89. The second kappa shape index (κ2) is 10.2. The molecule has 0 atom stereocenters. The van der Waals surface area contributed by atoms with E-state index in [2.05, 4.69) is 4.99 Å². The third kappa shape index (κ3) is 4.86. The molecule has 0 saturated carbocycles. The van der Waals surface area contributed by atoms with Gasteiger partial charge in [-0.1, -0.05) is 41.7 Å². The number of hydrogen-bond acceptors (Lipinski definition) is 6. The first kappa shape index (κ1) is 24.3. The maximum atomic E-state index is 13.0. The van der Waals surface area contributed by atoms with E-state index in [1.807, 2.05) is 60.2 Å². The van der Waals surface area contributed by atoms with Crippen LogP contribution in [-0.2, 0) is 17.1 Å². The highest BCUT2D eigenvalue weighted by Gasteiger charge is 2.24. The maximum Gasteiger partial charge on any atom is 0.279 e. The van der Waals surface area contributed by atoms with Crippen molar-refractivity contribution < 1.29 is 13.2 Å². The molecule has 1 heterocycles. The van der Waals surface area contributed by atoms with Crippen LogP contribution in [0.1, 0.15) is 23.2 Å². The number of benzene rings is 3. The van der Waals surface area contributed by atoms with Crippen LogP contribution >= 0.6 is 11.3 Å². The Bertz CT molecular complexity index is 1650. The number of nitrogens with zero attached hydrogens (tertiary/aromatic N) is 5. The van der Waals surface area contributed by atoms with Gasteiger partial charge in [0.1, 0.15) is 0 Å². The number of sulfonamides is 1. The zero-order valence-electron chi connectivity index (χ0n) is 18.9. The SMILES string of the molecule is Cn1c(=NC(=O)c2ccc(S(=O)(=O)N(CCC#N)CCC#N)cc2)sc2ccc3ccccc3c21. The van der Waals surface area contributed by atoms with Crippen molar-refractivity contribution in [2.45, 2.75) is 17.7 Å². The van der Waals surface area contributed by atoms with Crippen molar-refractivity contribution in [1.82, 2.24) is 8.87 Å². The molecule has 0 aliphatic carbocycles. The number of amides is 1. The lowest BCUT2D eigenvalue weighted by molar-refractivity contribution is 0.0998. The van der Waals surface area contributed by atoms with Gasteiger partial charge in [0.2, 0.25) is 10.0 Å². The molecule has 0 bridgehead atoms. The van der Waals surface area contributed by atoms with Crippen LogP contribution in [0, 0.1) is 22.7 Å². The van der Waals surface area contributed by atoms with Gasteiger partial charge in [-0.25, -0.2) is 8.42 Å². The van der Waals surface area contributed by atoms with Crippen molar-refractivity contribution in [3.8, 4) is 12.1 Å². The predicted molar refractivity (Wildman–Crippen MR) is 134 cm³/mol. The standard InChI is InChI=1S/C25H21N5O3S2/c1-29-23-21-7-3-2-6-18(21)10-13-22(23)34-25(29)28-24(31)19-8-11-20(12-9-19)35(32,33)30(16-4-14-26)17-5-15-27/h2-3,6-13H,4-5,16-17H2,1H3. The van der Waals surface area contributed by atoms with Gasteiger partial charge in [-0.3, -0.25) is 4.79 Å². The van der Waals surface area contributed by atoms with Crippen LogP contribution in [0.2, 0.25) is 0 Å². The Balaban J connectivity index is 1.65. The summed E-state index contributed by atoms with van der Waals surface area (Å²) in [5, 5.41) is 19.8. The molecule has 1 aromatic heterocycles. The van der Waals surface area contributed by atoms with E-state index in [0.29, 0.717) is 4.80 Å². The van der Waals surface area contributed by atoms with Crippen LogP contribution in [0.5, 0.6) is 0 Å². The van der Waals surface area contributed by atoms with Gasteiger partial charge in [-0.15, -0.1) is 0 Å². The maximum absolute atomic E-state index is 13.0. The molecule has 176 valence electrons. The van der Waals surface area contributed by atoms with Gasteiger partial charge in [0.25, 0.3) is 5.91 Å². The van der Waals surface area contributed by atoms with Crippen LogP contribution < -0.4 is 4.80 Å². The highest BCUT2D eigenvalue weighted by Crippen LogP contribution is 2.26. The Labute approximate surface area is 206 Å². The van der Waals surface area contributed by atoms with Gasteiger partial charge in [-0.05, 0) is 35.7 Å². The quantitative estimate of drug-likeness (QED) is 0.378. The average molecular weight is 504 g/mol. The summed E-state index contributed by atoms with van der Waals surface area (Å²) in [6, 6.07) is 21.5. The van der Waals surface area contributed by atoms with E-state index in [1.165, 1.54) is 35.6 Å². The number of carbonyl (C=O) groups excluding carboxylic acids is 1. The Morgan fingerprint density at radius 2 is 1.66 bits per heavy atom. The van der Waals surface area contributed by atoms with Gasteiger partial charge in [0.15, 0.2) is 4.80 Å². The second-order valence-corrected chi connectivity index (χ2v) is 10.7. The molecule has 0 aliphatic rings. The molecule has 35 heavy (non-hydrogen) atoms. The first-order valence-electron chi connectivity index (χ1n) is 10.8. The molecular weight excluding hydrogens is 482 g/mol.